The van der Waals surface area contributed by atoms with Crippen LogP contribution >= 0.6 is 45.3 Å². The summed E-state index contributed by atoms with van der Waals surface area (Å²) in [4.78, 5) is 144. The van der Waals surface area contributed by atoms with Crippen LogP contribution in [0.3, 0.4) is 0 Å². The number of carboxylic acids is 2. The molecular weight excluding hydrogens is 1610 g/mol. The third kappa shape index (κ3) is 20.8. The number of rotatable bonds is 15. The van der Waals surface area contributed by atoms with Crippen LogP contribution in [0.2, 0.25) is 0 Å². The van der Waals surface area contributed by atoms with Gasteiger partial charge >= 0.3 is 52.3 Å². The molecule has 8 heterocycles. The summed E-state index contributed by atoms with van der Waals surface area (Å²) in [6, 6.07) is 80.1. The van der Waals surface area contributed by atoms with Gasteiger partial charge in [-0.25, -0.2) is 43.2 Å². The maximum atomic E-state index is 12.9. The summed E-state index contributed by atoms with van der Waals surface area (Å²) in [5.74, 6) is -5.19. The number of esters is 3. The number of nitrogen functional groups attached to an aromatic ring is 1. The Morgan fingerprint density at radius 3 is 0.933 bits per heavy atom. The topological polar surface area (TPSA) is 370 Å². The summed E-state index contributed by atoms with van der Waals surface area (Å²) in [6.07, 6.45) is 0. The van der Waals surface area contributed by atoms with Gasteiger partial charge in [0.15, 0.2) is 22.3 Å². The molecule has 0 unspecified atom stereocenters. The number of hydrogen-bond acceptors (Lipinski definition) is 24. The Labute approximate surface area is 698 Å². The van der Waals surface area contributed by atoms with E-state index in [1.54, 1.807) is 86.9 Å². The predicted octanol–water partition coefficient (Wildman–Crippen LogP) is 19.2. The molecule has 0 radical (unpaired) electrons. The number of benzene rings is 8. The molecule has 0 atom stereocenters. The number of carbonyl (C=O) groups is 8. The number of hydrogen-bond donors (Lipinski definition) is 4. The number of aromatic carboxylic acids is 2. The number of ether oxygens (including phenoxy) is 3. The lowest BCUT2D eigenvalue weighted by Crippen LogP contribution is -2.25. The molecule has 16 aromatic rings. The zero-order chi connectivity index (χ0) is 83.8. The number of nitrogens with one attached hydrogen (secondary N) is 1. The Balaban J connectivity index is 0.000000161. The lowest BCUT2D eigenvalue weighted by Gasteiger charge is -2.15. The summed E-state index contributed by atoms with van der Waals surface area (Å²) >= 11 is 4.86. The van der Waals surface area contributed by atoms with Gasteiger partial charge in [0.1, 0.15) is 32.3 Å². The SMILES string of the molecule is C.C.CN(C(=O)c1ccc(-c2ccccc2)cc1)c1cc2oc(=O)c(C(=O)O)cc2s1.COC(=O)c1cc2sc(N(C)C(=O)c3ccc(-c4ccccc4)cc3)cc2oc1=O.COC(=O)c1cc2sc(N)cc2oc1=O.COC(=O)c1cc2sc(NC(=O)c3ccc(-c4ccccc4)cc3)cc2oc1=O.O=C(O)c1ccc(-c2ccccc2)cc1. The van der Waals surface area contributed by atoms with Crippen molar-refractivity contribution >= 4 is 154 Å². The van der Waals surface area contributed by atoms with E-state index >= 15 is 0 Å². The van der Waals surface area contributed by atoms with E-state index in [4.69, 9.17) is 33.6 Å². The molecule has 0 aliphatic carbocycles. The van der Waals surface area contributed by atoms with Crippen molar-refractivity contribution in [1.82, 2.24) is 0 Å². The van der Waals surface area contributed by atoms with E-state index in [9.17, 15) is 57.5 Å². The molecule has 25 nitrogen and oxygen atoms in total. The molecule has 0 aliphatic rings. The van der Waals surface area contributed by atoms with Gasteiger partial charge in [-0.3, -0.25) is 14.4 Å². The van der Waals surface area contributed by atoms with Crippen LogP contribution in [0.4, 0.5) is 20.0 Å². The molecule has 120 heavy (non-hydrogen) atoms. The fourth-order valence-corrected chi connectivity index (χ4v) is 15.2. The Kier molecular flexibility index (Phi) is 28.8. The fraction of sp³-hybridized carbons (Fsp3) is 0.0769. The highest BCUT2D eigenvalue weighted by Gasteiger charge is 2.24. The fourth-order valence-electron chi connectivity index (χ4n) is 11.5. The number of thiophene rings is 4. The van der Waals surface area contributed by atoms with E-state index in [0.29, 0.717) is 77.8 Å². The van der Waals surface area contributed by atoms with E-state index < -0.39 is 57.9 Å². The van der Waals surface area contributed by atoms with Gasteiger partial charge < -0.3 is 62.9 Å². The molecule has 0 spiro atoms. The number of fused-ring (bicyclic) bond motifs is 4. The second kappa shape index (κ2) is 39.5. The minimum Gasteiger partial charge on any atom is -0.478 e. The predicted molar refractivity (Wildman–Crippen MR) is 468 cm³/mol. The number of anilines is 4. The Bertz CT molecular complexity index is 6680. The van der Waals surface area contributed by atoms with Crippen molar-refractivity contribution in [3.8, 4) is 44.5 Å². The third-order valence-electron chi connectivity index (χ3n) is 17.6. The van der Waals surface area contributed by atoms with E-state index in [2.05, 4.69) is 19.5 Å². The summed E-state index contributed by atoms with van der Waals surface area (Å²) < 4.78 is 36.2. The van der Waals surface area contributed by atoms with Gasteiger partial charge in [0.2, 0.25) is 0 Å². The van der Waals surface area contributed by atoms with Crippen molar-refractivity contribution in [2.45, 2.75) is 14.9 Å². The van der Waals surface area contributed by atoms with Gasteiger partial charge in [-0.2, -0.15) is 0 Å². The Morgan fingerprint density at radius 2 is 0.608 bits per heavy atom. The molecule has 0 fully saturated rings. The quantitative estimate of drug-likeness (QED) is 0.0547. The lowest BCUT2D eigenvalue weighted by molar-refractivity contribution is 0.0587. The van der Waals surface area contributed by atoms with E-state index in [1.807, 2.05) is 170 Å². The number of carboxylic acid groups (broad SMARTS) is 2. The van der Waals surface area contributed by atoms with Crippen molar-refractivity contribution in [1.29, 1.82) is 0 Å². The van der Waals surface area contributed by atoms with Crippen LogP contribution in [0.25, 0.3) is 85.6 Å². The average Bonchev–Trinajstić information content (AvgIpc) is 1.65. The minimum atomic E-state index is -1.35. The number of amides is 3. The largest absolute Gasteiger partial charge is 0.478 e. The maximum absolute atomic E-state index is 12.9. The summed E-state index contributed by atoms with van der Waals surface area (Å²) in [5, 5.41) is 22.8. The third-order valence-corrected chi connectivity index (χ3v) is 21.8. The molecule has 3 amide bonds. The van der Waals surface area contributed by atoms with Crippen LogP contribution in [0, 0.1) is 0 Å². The highest BCUT2D eigenvalue weighted by molar-refractivity contribution is 7.24. The smallest absolute Gasteiger partial charge is 0.351 e. The summed E-state index contributed by atoms with van der Waals surface area (Å²) in [6.45, 7) is 0. The Morgan fingerprint density at radius 1 is 0.333 bits per heavy atom. The van der Waals surface area contributed by atoms with Crippen LogP contribution in [0.5, 0.6) is 0 Å². The molecule has 29 heteroatoms. The van der Waals surface area contributed by atoms with Crippen molar-refractivity contribution in [3.05, 3.63) is 353 Å². The first-order chi connectivity index (χ1) is 56.8. The van der Waals surface area contributed by atoms with Gasteiger partial charge in [0, 0.05) is 55.1 Å². The molecule has 8 aromatic heterocycles. The molecule has 606 valence electrons. The van der Waals surface area contributed by atoms with Crippen LogP contribution < -0.4 is 43.4 Å². The molecular formula is C91H72N4O21S4. The van der Waals surface area contributed by atoms with Crippen molar-refractivity contribution < 1.29 is 80.4 Å². The maximum Gasteiger partial charge on any atom is 0.351 e. The first kappa shape index (κ1) is 87.3. The van der Waals surface area contributed by atoms with Crippen molar-refractivity contribution in [2.24, 2.45) is 0 Å². The van der Waals surface area contributed by atoms with Crippen molar-refractivity contribution in [2.75, 3.05) is 56.3 Å². The number of nitrogens with zero attached hydrogens (tertiary/aromatic N) is 2. The molecule has 0 bridgehead atoms. The van der Waals surface area contributed by atoms with Gasteiger partial charge in [0.25, 0.3) is 17.7 Å². The zero-order valence-electron chi connectivity index (χ0n) is 62.7. The molecule has 0 saturated heterocycles. The van der Waals surface area contributed by atoms with Crippen molar-refractivity contribution in [3.63, 3.8) is 0 Å². The van der Waals surface area contributed by atoms with Crippen LogP contribution in [0.1, 0.15) is 97.7 Å². The van der Waals surface area contributed by atoms with Gasteiger partial charge in [-0.15, -0.1) is 45.3 Å². The molecule has 0 aliphatic heterocycles. The highest BCUT2D eigenvalue weighted by atomic mass is 32.1. The van der Waals surface area contributed by atoms with E-state index in [0.717, 1.165) is 44.5 Å². The summed E-state index contributed by atoms with van der Waals surface area (Å²) in [7, 11) is 6.86. The summed E-state index contributed by atoms with van der Waals surface area (Å²) in [5.41, 5.74) is 12.9. The highest BCUT2D eigenvalue weighted by Crippen LogP contribution is 2.36. The van der Waals surface area contributed by atoms with Crippen LogP contribution in [0.15, 0.2) is 304 Å². The number of methoxy groups -OCH3 is 3. The standard InChI is InChI=1S/C23H17NO5S.2C22H15NO5S.C13H10O2.C9H7NO4S.2CH4/c1-24(20-13-18-19(30-20)12-17(22(26)28-2)23(27)29-18)21(25)16-10-8-15(9-11-16)14-6-4-3-5-7-14;1-27-21(25)16-11-18-17(28-22(16)26)12-19(29-18)23-20(24)15-9-7-14(8-10-15)13-5-3-2-4-6-13;1-23(19-12-17-18(29-19)11-16(21(25)26)22(27)28-17)20(24)15-9-7-14(8-10-15)13-5-3-2-4-6-13;14-13(15)12-8-6-11(7-9-12)10-4-2-1-3-5-10;1-13-8(11)4-2-6-5(14-9(4)12)3-7(10)15-6;;/h3-13H,1-2H3;2-12H,1H3,(H,23,24);2-12H,1H3,(H,25,26);1-9H,(H,14,15);2-3H,10H2,1H3;2*1H4. The first-order valence-corrected chi connectivity index (χ1v) is 38.4. The van der Waals surface area contributed by atoms with E-state index in [1.165, 1.54) is 101 Å². The molecule has 5 N–H and O–H groups in total. The molecule has 0 saturated carbocycles. The molecule has 8 aromatic carbocycles. The number of nitrogens with two attached hydrogens (primary N) is 1. The molecule has 16 rings (SSSR count). The van der Waals surface area contributed by atoms with Crippen LogP contribution in [-0.4, -0.2) is 93.2 Å². The number of carbonyl (C=O) groups excluding carboxylic acids is 6. The van der Waals surface area contributed by atoms with Crippen LogP contribution in [-0.2, 0) is 14.2 Å². The Hall–Kier alpha value is -15.0. The van der Waals surface area contributed by atoms with Gasteiger partial charge in [-0.1, -0.05) is 185 Å². The monoisotopic (exact) mass is 1680 g/mol. The van der Waals surface area contributed by atoms with Gasteiger partial charge in [0.05, 0.1) is 55.7 Å². The van der Waals surface area contributed by atoms with Gasteiger partial charge in [-0.05, 0) is 117 Å². The zero-order valence-corrected chi connectivity index (χ0v) is 65.9. The average molecular weight is 1690 g/mol. The van der Waals surface area contributed by atoms with E-state index in [-0.39, 0.29) is 54.8 Å². The normalized spacial score (nSPS) is 10.4. The minimum absolute atomic E-state index is 0. The lowest BCUT2D eigenvalue weighted by atomic mass is 10.0. The second-order valence-corrected chi connectivity index (χ2v) is 29.5. The second-order valence-electron chi connectivity index (χ2n) is 25.2. The first-order valence-electron chi connectivity index (χ1n) is 35.1.